The van der Waals surface area contributed by atoms with Crippen molar-refractivity contribution in [3.8, 4) is 0 Å². The van der Waals surface area contributed by atoms with Gasteiger partial charge in [-0.2, -0.15) is 0 Å². The molecule has 104 valence electrons. The molecule has 0 aliphatic carbocycles. The van der Waals surface area contributed by atoms with Gasteiger partial charge in [0.2, 0.25) is 0 Å². The summed E-state index contributed by atoms with van der Waals surface area (Å²) in [5, 5.41) is 8.51. The lowest BCUT2D eigenvalue weighted by atomic mass is 10.0. The van der Waals surface area contributed by atoms with Crippen molar-refractivity contribution in [3.05, 3.63) is 9.81 Å². The number of aliphatic carboxylic acids is 1. The van der Waals surface area contributed by atoms with Gasteiger partial charge in [-0.25, -0.2) is 0 Å². The fraction of sp³-hybridized carbons (Fsp3) is 0.900. The van der Waals surface area contributed by atoms with E-state index in [4.69, 9.17) is 5.11 Å². The zero-order valence-electron chi connectivity index (χ0n) is 10.5. The molecule has 0 saturated carbocycles. The Morgan fingerprint density at radius 3 is 2.44 bits per heavy atom. The maximum atomic E-state index is 10.4. The van der Waals surface area contributed by atoms with Crippen LogP contribution in [-0.2, 0) is 4.79 Å². The van der Waals surface area contributed by atoms with Gasteiger partial charge in [0.25, 0.3) is 0 Å². The molecule has 0 aromatic rings. The predicted octanol–water partition coefficient (Wildman–Crippen LogP) is 4.00. The van der Waals surface area contributed by atoms with E-state index in [0.717, 1.165) is 30.3 Å². The standard InChI is InChI=1S/C10H18N2O4S2/c1-10(2,18-12-16)7-8(17-11-15)5-3-4-6-9(13)14/h8H,3-7H2,1-2H3,(H,13,14). The summed E-state index contributed by atoms with van der Waals surface area (Å²) < 4.78 is 5.30. The summed E-state index contributed by atoms with van der Waals surface area (Å²) in [6.45, 7) is 3.77. The van der Waals surface area contributed by atoms with Gasteiger partial charge >= 0.3 is 5.97 Å². The zero-order chi connectivity index (χ0) is 14.0. The van der Waals surface area contributed by atoms with Crippen molar-refractivity contribution in [2.24, 2.45) is 9.16 Å². The third-order valence-electron chi connectivity index (χ3n) is 2.36. The average molecular weight is 294 g/mol. The number of carboxylic acids is 1. The van der Waals surface area contributed by atoms with Gasteiger partial charge in [0, 0.05) is 49.5 Å². The Hall–Kier alpha value is -0.630. The maximum Gasteiger partial charge on any atom is 0.303 e. The summed E-state index contributed by atoms with van der Waals surface area (Å²) in [5.74, 6) is -0.811. The van der Waals surface area contributed by atoms with Crippen molar-refractivity contribution in [3.63, 3.8) is 0 Å². The van der Waals surface area contributed by atoms with Crippen LogP contribution in [0.2, 0.25) is 0 Å². The summed E-state index contributed by atoms with van der Waals surface area (Å²) in [6.07, 6.45) is 2.80. The van der Waals surface area contributed by atoms with Crippen LogP contribution in [0, 0.1) is 9.81 Å². The summed E-state index contributed by atoms with van der Waals surface area (Å²) in [6, 6.07) is 0. The molecule has 0 aromatic carbocycles. The van der Waals surface area contributed by atoms with Gasteiger partial charge in [-0.05, 0) is 33.1 Å². The Bertz CT molecular complexity index is 287. The lowest BCUT2D eigenvalue weighted by molar-refractivity contribution is -0.137. The summed E-state index contributed by atoms with van der Waals surface area (Å²) >= 11 is 1.90. The third kappa shape index (κ3) is 9.41. The fourth-order valence-electron chi connectivity index (χ4n) is 1.59. The van der Waals surface area contributed by atoms with Crippen LogP contribution in [0.4, 0.5) is 0 Å². The number of hydrogen-bond donors (Lipinski definition) is 1. The highest BCUT2D eigenvalue weighted by Crippen LogP contribution is 2.35. The monoisotopic (exact) mass is 294 g/mol. The van der Waals surface area contributed by atoms with E-state index in [9.17, 15) is 14.6 Å². The first-order valence-electron chi connectivity index (χ1n) is 5.62. The first-order chi connectivity index (χ1) is 8.41. The first-order valence-corrected chi connectivity index (χ1v) is 7.23. The summed E-state index contributed by atoms with van der Waals surface area (Å²) in [7, 11) is 0. The third-order valence-corrected chi connectivity index (χ3v) is 3.88. The predicted molar refractivity (Wildman–Crippen MR) is 75.4 cm³/mol. The number of carbonyl (C=O) groups is 1. The molecule has 6 nitrogen and oxygen atoms in total. The van der Waals surface area contributed by atoms with E-state index in [2.05, 4.69) is 9.16 Å². The van der Waals surface area contributed by atoms with Gasteiger partial charge in [-0.15, -0.1) is 9.81 Å². The maximum absolute atomic E-state index is 10.4. The van der Waals surface area contributed by atoms with E-state index in [1.54, 1.807) is 0 Å². The van der Waals surface area contributed by atoms with Crippen molar-refractivity contribution in [2.45, 2.75) is 55.9 Å². The molecule has 0 bridgehead atoms. The van der Waals surface area contributed by atoms with Crippen LogP contribution in [0.1, 0.15) is 46.0 Å². The molecule has 18 heavy (non-hydrogen) atoms. The van der Waals surface area contributed by atoms with E-state index in [0.29, 0.717) is 19.3 Å². The first kappa shape index (κ1) is 17.4. The number of nitrogens with zero attached hydrogens (tertiary/aromatic N) is 2. The Balaban J connectivity index is 4.09. The summed E-state index contributed by atoms with van der Waals surface area (Å²) in [5.41, 5.74) is 0. The second kappa shape index (κ2) is 9.32. The van der Waals surface area contributed by atoms with E-state index in [1.165, 1.54) is 0 Å². The van der Waals surface area contributed by atoms with Gasteiger partial charge in [0.1, 0.15) is 0 Å². The molecular weight excluding hydrogens is 276 g/mol. The molecule has 0 radical (unpaired) electrons. The van der Waals surface area contributed by atoms with Crippen LogP contribution in [0.3, 0.4) is 0 Å². The van der Waals surface area contributed by atoms with Gasteiger partial charge in [-0.3, -0.25) is 4.79 Å². The number of rotatable bonds is 11. The van der Waals surface area contributed by atoms with Crippen LogP contribution < -0.4 is 0 Å². The Kier molecular flexibility index (Phi) is 8.99. The molecule has 0 amide bonds. The largest absolute Gasteiger partial charge is 0.481 e. The Morgan fingerprint density at radius 2 is 1.94 bits per heavy atom. The molecule has 0 aliphatic rings. The molecule has 0 aliphatic heterocycles. The lowest BCUT2D eigenvalue weighted by Crippen LogP contribution is -2.20. The zero-order valence-corrected chi connectivity index (χ0v) is 12.1. The highest BCUT2D eigenvalue weighted by atomic mass is 32.2. The minimum Gasteiger partial charge on any atom is -0.481 e. The molecular formula is C10H18N2O4S2. The van der Waals surface area contributed by atoms with Gasteiger partial charge < -0.3 is 5.11 Å². The van der Waals surface area contributed by atoms with Crippen molar-refractivity contribution >= 4 is 29.9 Å². The van der Waals surface area contributed by atoms with E-state index in [1.807, 2.05) is 13.8 Å². The lowest BCUT2D eigenvalue weighted by Gasteiger charge is -2.23. The topological polar surface area (TPSA) is 96.2 Å². The Morgan fingerprint density at radius 1 is 1.28 bits per heavy atom. The minimum absolute atomic E-state index is 0.000505. The number of unbranched alkanes of at least 4 members (excludes halogenated alkanes) is 1. The number of hydrogen-bond acceptors (Lipinski definition) is 7. The number of carboxylic acid groups (broad SMARTS) is 1. The smallest absolute Gasteiger partial charge is 0.303 e. The molecule has 8 heteroatoms. The molecule has 0 heterocycles. The van der Waals surface area contributed by atoms with Gasteiger partial charge in [-0.1, -0.05) is 6.42 Å². The second-order valence-electron chi connectivity index (χ2n) is 4.57. The molecule has 0 saturated heterocycles. The van der Waals surface area contributed by atoms with Crippen LogP contribution in [0.15, 0.2) is 9.16 Å². The van der Waals surface area contributed by atoms with Crippen molar-refractivity contribution in [1.82, 2.24) is 0 Å². The van der Waals surface area contributed by atoms with Crippen LogP contribution in [0.5, 0.6) is 0 Å². The SMILES string of the molecule is CC(C)(CC(CCCCC(=O)O)SN=O)SN=O. The van der Waals surface area contributed by atoms with E-state index < -0.39 is 5.97 Å². The summed E-state index contributed by atoms with van der Waals surface area (Å²) in [4.78, 5) is 30.9. The molecule has 1 unspecified atom stereocenters. The molecule has 1 N–H and O–H groups in total. The van der Waals surface area contributed by atoms with Gasteiger partial charge in [0.15, 0.2) is 0 Å². The Labute approximate surface area is 115 Å². The van der Waals surface area contributed by atoms with E-state index >= 15 is 0 Å². The fourth-order valence-corrected chi connectivity index (χ4v) is 3.06. The number of nitroso groups, excluding NO2 is 2. The van der Waals surface area contributed by atoms with Crippen LogP contribution >= 0.6 is 23.9 Å². The average Bonchev–Trinajstić information content (AvgIpc) is 2.23. The van der Waals surface area contributed by atoms with Gasteiger partial charge in [0.05, 0.1) is 0 Å². The quantitative estimate of drug-likeness (QED) is 0.351. The molecule has 1 atom stereocenters. The molecule has 0 spiro atoms. The second-order valence-corrected chi connectivity index (χ2v) is 7.03. The molecule has 0 fully saturated rings. The minimum atomic E-state index is -0.811. The van der Waals surface area contributed by atoms with Crippen molar-refractivity contribution in [1.29, 1.82) is 0 Å². The van der Waals surface area contributed by atoms with Crippen molar-refractivity contribution < 1.29 is 9.90 Å². The highest BCUT2D eigenvalue weighted by molar-refractivity contribution is 7.99. The highest BCUT2D eigenvalue weighted by Gasteiger charge is 2.25. The van der Waals surface area contributed by atoms with E-state index in [-0.39, 0.29) is 16.4 Å². The van der Waals surface area contributed by atoms with Crippen LogP contribution in [0.25, 0.3) is 0 Å². The molecule has 0 rings (SSSR count). The van der Waals surface area contributed by atoms with Crippen molar-refractivity contribution in [2.75, 3.05) is 0 Å². The molecule has 0 aromatic heterocycles. The van der Waals surface area contributed by atoms with Crippen LogP contribution in [-0.4, -0.2) is 21.1 Å². The normalized spacial score (nSPS) is 13.0.